The van der Waals surface area contributed by atoms with E-state index in [4.69, 9.17) is 21.1 Å². The summed E-state index contributed by atoms with van der Waals surface area (Å²) in [5.41, 5.74) is 2.41. The molecular weight excluding hydrogens is 392 g/mol. The van der Waals surface area contributed by atoms with Crippen LogP contribution in [0.4, 0.5) is 11.4 Å². The molecule has 0 fully saturated rings. The van der Waals surface area contributed by atoms with Gasteiger partial charge < -0.3 is 20.1 Å². The molecule has 146 valence electrons. The Bertz CT molecular complexity index is 1100. The van der Waals surface area contributed by atoms with Gasteiger partial charge in [0.05, 0.1) is 11.3 Å². The van der Waals surface area contributed by atoms with E-state index in [1.165, 1.54) is 0 Å². The minimum absolute atomic E-state index is 0.174. The first kappa shape index (κ1) is 18.8. The minimum atomic E-state index is -0.353. The van der Waals surface area contributed by atoms with Crippen LogP contribution in [0.25, 0.3) is 0 Å². The number of rotatable bonds is 4. The van der Waals surface area contributed by atoms with E-state index in [1.807, 2.05) is 25.1 Å². The van der Waals surface area contributed by atoms with Crippen molar-refractivity contribution in [3.8, 4) is 17.2 Å². The zero-order valence-corrected chi connectivity index (χ0v) is 16.2. The third kappa shape index (κ3) is 4.33. The van der Waals surface area contributed by atoms with Gasteiger partial charge >= 0.3 is 0 Å². The van der Waals surface area contributed by atoms with E-state index >= 15 is 0 Å². The van der Waals surface area contributed by atoms with E-state index in [0.29, 0.717) is 39.2 Å². The van der Waals surface area contributed by atoms with Crippen LogP contribution in [0.1, 0.15) is 15.9 Å². The van der Waals surface area contributed by atoms with Gasteiger partial charge in [0.25, 0.3) is 11.8 Å². The van der Waals surface area contributed by atoms with E-state index in [0.717, 1.165) is 5.56 Å². The number of carbonyl (C=O) groups excluding carboxylic acids is 2. The highest BCUT2D eigenvalue weighted by molar-refractivity contribution is 6.30. The lowest BCUT2D eigenvalue weighted by Gasteiger charge is -2.10. The van der Waals surface area contributed by atoms with Crippen molar-refractivity contribution in [1.82, 2.24) is 0 Å². The number of aryl methyl sites for hydroxylation is 1. The highest BCUT2D eigenvalue weighted by Crippen LogP contribution is 2.37. The van der Waals surface area contributed by atoms with Crippen LogP contribution in [-0.2, 0) is 4.79 Å². The summed E-state index contributed by atoms with van der Waals surface area (Å²) >= 11 is 5.82. The number of ether oxygens (including phenoxy) is 2. The molecule has 0 radical (unpaired) electrons. The van der Waals surface area contributed by atoms with E-state index in [9.17, 15) is 9.59 Å². The van der Waals surface area contributed by atoms with Gasteiger partial charge in [-0.25, -0.2) is 0 Å². The fourth-order valence-electron chi connectivity index (χ4n) is 2.89. The lowest BCUT2D eigenvalue weighted by Crippen LogP contribution is -2.20. The number of hydrogen-bond acceptors (Lipinski definition) is 4. The van der Waals surface area contributed by atoms with Crippen molar-refractivity contribution < 1.29 is 19.1 Å². The van der Waals surface area contributed by atoms with Crippen LogP contribution in [-0.4, -0.2) is 18.4 Å². The molecule has 29 heavy (non-hydrogen) atoms. The molecule has 0 saturated heterocycles. The fraction of sp³-hybridized carbons (Fsp3) is 0.0909. The summed E-state index contributed by atoms with van der Waals surface area (Å²) in [6, 6.07) is 17.2. The van der Waals surface area contributed by atoms with Crippen molar-refractivity contribution in [1.29, 1.82) is 0 Å². The normalized spacial score (nSPS) is 12.0. The number of halogens is 1. The van der Waals surface area contributed by atoms with Crippen LogP contribution in [0.3, 0.4) is 0 Å². The maximum Gasteiger partial charge on any atom is 0.262 e. The lowest BCUT2D eigenvalue weighted by atomic mass is 10.1. The maximum absolute atomic E-state index is 12.6. The lowest BCUT2D eigenvalue weighted by molar-refractivity contribution is -0.118. The molecule has 0 atom stereocenters. The number of benzene rings is 3. The van der Waals surface area contributed by atoms with Gasteiger partial charge in [-0.15, -0.1) is 0 Å². The number of carbonyl (C=O) groups is 2. The van der Waals surface area contributed by atoms with Crippen LogP contribution >= 0.6 is 11.6 Å². The van der Waals surface area contributed by atoms with Gasteiger partial charge in [-0.1, -0.05) is 17.7 Å². The number of nitrogens with one attached hydrogen (secondary N) is 2. The van der Waals surface area contributed by atoms with E-state index < -0.39 is 0 Å². The number of fused-ring (bicyclic) bond motifs is 2. The summed E-state index contributed by atoms with van der Waals surface area (Å²) in [4.78, 5) is 24.8. The molecule has 1 heterocycles. The van der Waals surface area contributed by atoms with Gasteiger partial charge in [0, 0.05) is 10.7 Å². The predicted octanol–water partition coefficient (Wildman–Crippen LogP) is 5.02. The molecule has 2 amide bonds. The number of hydrogen-bond donors (Lipinski definition) is 2. The molecule has 4 rings (SSSR count). The minimum Gasteiger partial charge on any atom is -0.484 e. The molecule has 0 bridgehead atoms. The molecule has 0 aromatic heterocycles. The third-order valence-corrected chi connectivity index (χ3v) is 4.55. The Balaban J connectivity index is 1.46. The molecule has 3 aromatic rings. The molecule has 0 saturated carbocycles. The van der Waals surface area contributed by atoms with E-state index in [1.54, 1.807) is 42.5 Å². The smallest absolute Gasteiger partial charge is 0.262 e. The second-order valence-corrected chi connectivity index (χ2v) is 6.99. The van der Waals surface area contributed by atoms with Crippen LogP contribution in [0.5, 0.6) is 17.2 Å². The summed E-state index contributed by atoms with van der Waals surface area (Å²) in [6.07, 6.45) is 0. The quantitative estimate of drug-likeness (QED) is 0.635. The molecule has 0 aliphatic carbocycles. The fourth-order valence-corrected chi connectivity index (χ4v) is 3.02. The summed E-state index contributed by atoms with van der Waals surface area (Å²) in [6.45, 7) is 1.76. The molecule has 7 heteroatoms. The molecule has 6 nitrogen and oxygen atoms in total. The van der Waals surface area contributed by atoms with Gasteiger partial charge in [-0.3, -0.25) is 9.59 Å². The average Bonchev–Trinajstić information content (AvgIpc) is 2.83. The number of amides is 2. The van der Waals surface area contributed by atoms with Crippen LogP contribution < -0.4 is 20.1 Å². The van der Waals surface area contributed by atoms with Gasteiger partial charge in [0.1, 0.15) is 11.5 Å². The van der Waals surface area contributed by atoms with Crippen LogP contribution in [0.2, 0.25) is 5.02 Å². The van der Waals surface area contributed by atoms with Crippen molar-refractivity contribution in [3.05, 3.63) is 76.8 Å². The summed E-state index contributed by atoms with van der Waals surface area (Å²) < 4.78 is 11.3. The molecule has 1 aliphatic heterocycles. The topological polar surface area (TPSA) is 76.7 Å². The zero-order chi connectivity index (χ0) is 20.4. The molecule has 1 aliphatic rings. The largest absolute Gasteiger partial charge is 0.484 e. The second kappa shape index (κ2) is 7.85. The standard InChI is InChI=1S/C22H17ClN2O4/c1-13-2-8-20-18(10-13)25-22(27)17-11-15(5-9-19(17)29-20)24-21(26)12-28-16-6-3-14(23)4-7-16/h2-11H,12H2,1H3,(H,24,26)(H,25,27). The van der Waals surface area contributed by atoms with Crippen LogP contribution in [0, 0.1) is 6.92 Å². The Kier molecular flexibility index (Phi) is 5.10. The van der Waals surface area contributed by atoms with Crippen molar-refractivity contribution in [3.63, 3.8) is 0 Å². The van der Waals surface area contributed by atoms with Gasteiger partial charge in [0.15, 0.2) is 12.4 Å². The summed E-state index contributed by atoms with van der Waals surface area (Å²) in [7, 11) is 0. The highest BCUT2D eigenvalue weighted by Gasteiger charge is 2.21. The zero-order valence-electron chi connectivity index (χ0n) is 15.5. The Morgan fingerprint density at radius 1 is 1.07 bits per heavy atom. The van der Waals surface area contributed by atoms with Gasteiger partial charge in [-0.05, 0) is 67.1 Å². The Morgan fingerprint density at radius 3 is 2.62 bits per heavy atom. The van der Waals surface area contributed by atoms with Crippen molar-refractivity contribution in [2.45, 2.75) is 6.92 Å². The van der Waals surface area contributed by atoms with Gasteiger partial charge in [-0.2, -0.15) is 0 Å². The first-order valence-corrected chi connectivity index (χ1v) is 9.28. The summed E-state index contributed by atoms with van der Waals surface area (Å²) in [5.74, 6) is 0.857. The molecular formula is C22H17ClN2O4. The monoisotopic (exact) mass is 408 g/mol. The van der Waals surface area contributed by atoms with Crippen LogP contribution in [0.15, 0.2) is 60.7 Å². The average molecular weight is 409 g/mol. The summed E-state index contributed by atoms with van der Waals surface area (Å²) in [5, 5.41) is 6.15. The van der Waals surface area contributed by atoms with E-state index in [-0.39, 0.29) is 18.4 Å². The Labute approximate surface area is 172 Å². The molecule has 3 aromatic carbocycles. The first-order valence-electron chi connectivity index (χ1n) is 8.90. The van der Waals surface area contributed by atoms with Gasteiger partial charge in [0.2, 0.25) is 0 Å². The second-order valence-electron chi connectivity index (χ2n) is 6.56. The SMILES string of the molecule is Cc1ccc2c(c1)NC(=O)c1cc(NC(=O)COc3ccc(Cl)cc3)ccc1O2. The Morgan fingerprint density at radius 2 is 1.83 bits per heavy atom. The predicted molar refractivity (Wildman–Crippen MR) is 111 cm³/mol. The third-order valence-electron chi connectivity index (χ3n) is 4.29. The number of anilines is 2. The van der Waals surface area contributed by atoms with Crippen molar-refractivity contribution in [2.24, 2.45) is 0 Å². The highest BCUT2D eigenvalue weighted by atomic mass is 35.5. The molecule has 0 unspecified atom stereocenters. The first-order chi connectivity index (χ1) is 14.0. The molecule has 2 N–H and O–H groups in total. The van der Waals surface area contributed by atoms with E-state index in [2.05, 4.69) is 10.6 Å². The van der Waals surface area contributed by atoms with Crippen molar-refractivity contribution in [2.75, 3.05) is 17.2 Å². The van der Waals surface area contributed by atoms with Crippen molar-refractivity contribution >= 4 is 34.8 Å². The maximum atomic E-state index is 12.6. The Hall–Kier alpha value is -3.51. The molecule has 0 spiro atoms.